The normalized spacial score (nSPS) is 10.4. The van der Waals surface area contributed by atoms with Crippen molar-refractivity contribution in [3.05, 3.63) is 29.4 Å². The Morgan fingerprint density at radius 1 is 1.47 bits per heavy atom. The summed E-state index contributed by atoms with van der Waals surface area (Å²) in [7, 11) is -2.80. The van der Waals surface area contributed by atoms with Gasteiger partial charge in [-0.3, -0.25) is 13.8 Å². The summed E-state index contributed by atoms with van der Waals surface area (Å²) in [5, 5.41) is 5.78. The number of benzene rings is 1. The summed E-state index contributed by atoms with van der Waals surface area (Å²) in [6.07, 6.45) is 1.88. The van der Waals surface area contributed by atoms with Gasteiger partial charge >= 0.3 is 40.0 Å². The van der Waals surface area contributed by atoms with Gasteiger partial charge in [0.15, 0.2) is 0 Å². The van der Waals surface area contributed by atoms with Gasteiger partial charge in [0.25, 0.3) is 0 Å². The molecule has 0 bridgehead atoms. The standard InChI is InChI=1S/C8H6ClN2.Na.H2O4S/c1-11-5-6-7(9)3-2-4-8(6)10-11;;1-5(2,3)4/h2,4-5H,1H3;;(H2,1,2,3,4)/q-1;+1;. The summed E-state index contributed by atoms with van der Waals surface area (Å²) < 4.78 is 33.3. The molecule has 17 heavy (non-hydrogen) atoms. The van der Waals surface area contributed by atoms with Crippen LogP contribution in [-0.4, -0.2) is 27.3 Å². The van der Waals surface area contributed by atoms with Gasteiger partial charge in [-0.05, 0) is 11.7 Å². The molecule has 0 saturated carbocycles. The SMILES string of the molecule is Cn1cc2c(Cl)[c-]ccc2n1.O=S(=O)(O)O.[Na+]. The zero-order chi connectivity index (χ0) is 12.3. The van der Waals surface area contributed by atoms with Gasteiger partial charge in [0.05, 0.1) is 0 Å². The molecule has 0 amide bonds. The van der Waals surface area contributed by atoms with Gasteiger partial charge < -0.3 is 0 Å². The Hall–Kier alpha value is -0.150. The third-order valence-corrected chi connectivity index (χ3v) is 1.86. The predicted molar refractivity (Wildman–Crippen MR) is 58.7 cm³/mol. The van der Waals surface area contributed by atoms with Crippen LogP contribution in [0.15, 0.2) is 18.3 Å². The molecule has 2 aromatic rings. The number of aromatic nitrogens is 2. The Bertz CT molecular complexity index is 591. The Balaban J connectivity index is 0.000000373. The fourth-order valence-electron chi connectivity index (χ4n) is 1.07. The van der Waals surface area contributed by atoms with E-state index in [9.17, 15) is 0 Å². The quantitative estimate of drug-likeness (QED) is 0.345. The van der Waals surface area contributed by atoms with Crippen molar-refractivity contribution in [3.8, 4) is 0 Å². The van der Waals surface area contributed by atoms with Gasteiger partial charge in [0, 0.05) is 7.05 Å². The Kier molecular flexibility index (Phi) is 6.64. The zero-order valence-corrected chi connectivity index (χ0v) is 12.7. The van der Waals surface area contributed by atoms with Crippen molar-refractivity contribution >= 4 is 32.9 Å². The van der Waals surface area contributed by atoms with E-state index < -0.39 is 10.4 Å². The molecule has 2 rings (SSSR count). The Labute approximate surface area is 125 Å². The molecule has 88 valence electrons. The van der Waals surface area contributed by atoms with Gasteiger partial charge in [0.1, 0.15) is 0 Å². The van der Waals surface area contributed by atoms with Crippen molar-refractivity contribution in [2.75, 3.05) is 0 Å². The first-order valence-corrected chi connectivity index (χ1v) is 5.74. The smallest absolute Gasteiger partial charge is 0.289 e. The first-order valence-electron chi connectivity index (χ1n) is 3.97. The summed E-state index contributed by atoms with van der Waals surface area (Å²) >= 11 is 5.86. The van der Waals surface area contributed by atoms with Crippen molar-refractivity contribution in [3.63, 3.8) is 0 Å². The van der Waals surface area contributed by atoms with Gasteiger partial charge in [0.2, 0.25) is 0 Å². The largest absolute Gasteiger partial charge is 1.00 e. The fraction of sp³-hybridized carbons (Fsp3) is 0.125. The van der Waals surface area contributed by atoms with E-state index in [0.717, 1.165) is 10.9 Å². The van der Waals surface area contributed by atoms with E-state index in [2.05, 4.69) is 11.2 Å². The fourth-order valence-corrected chi connectivity index (χ4v) is 1.28. The molecule has 2 N–H and O–H groups in total. The van der Waals surface area contributed by atoms with Gasteiger partial charge in [-0.2, -0.15) is 20.6 Å². The number of rotatable bonds is 0. The van der Waals surface area contributed by atoms with Crippen LogP contribution in [0.4, 0.5) is 0 Å². The third kappa shape index (κ3) is 6.37. The third-order valence-electron chi connectivity index (χ3n) is 1.55. The molecule has 0 radical (unpaired) electrons. The van der Waals surface area contributed by atoms with E-state index >= 15 is 0 Å². The molecular weight excluding hydrogens is 279 g/mol. The summed E-state index contributed by atoms with van der Waals surface area (Å²) in [5.41, 5.74) is 0.913. The van der Waals surface area contributed by atoms with E-state index in [0.29, 0.717) is 5.02 Å². The van der Waals surface area contributed by atoms with Crippen LogP contribution in [0.2, 0.25) is 5.02 Å². The molecule has 0 saturated heterocycles. The Morgan fingerprint density at radius 3 is 2.47 bits per heavy atom. The summed E-state index contributed by atoms with van der Waals surface area (Å²) in [4.78, 5) is 0. The van der Waals surface area contributed by atoms with Crippen LogP contribution in [0.3, 0.4) is 0 Å². The maximum Gasteiger partial charge on any atom is 1.00 e. The van der Waals surface area contributed by atoms with Crippen LogP contribution in [-0.2, 0) is 17.4 Å². The van der Waals surface area contributed by atoms with Crippen LogP contribution in [0.25, 0.3) is 10.9 Å². The van der Waals surface area contributed by atoms with Crippen molar-refractivity contribution in [2.45, 2.75) is 0 Å². The maximum atomic E-state index is 8.74. The molecule has 0 unspecified atom stereocenters. The Morgan fingerprint density at radius 2 is 2.00 bits per heavy atom. The molecule has 9 heteroatoms. The summed E-state index contributed by atoms with van der Waals surface area (Å²) in [6, 6.07) is 6.57. The first-order chi connectivity index (χ1) is 7.27. The van der Waals surface area contributed by atoms with Crippen LogP contribution in [0, 0.1) is 6.07 Å². The van der Waals surface area contributed by atoms with Crippen LogP contribution in [0.1, 0.15) is 0 Å². The molecule has 1 aromatic heterocycles. The minimum atomic E-state index is -4.67. The minimum Gasteiger partial charge on any atom is -0.289 e. The zero-order valence-electron chi connectivity index (χ0n) is 9.12. The van der Waals surface area contributed by atoms with Crippen LogP contribution >= 0.6 is 11.6 Å². The van der Waals surface area contributed by atoms with Gasteiger partial charge in [-0.1, -0.05) is 10.4 Å². The number of aryl methyl sites for hydroxylation is 1. The number of hydrogen-bond donors (Lipinski definition) is 2. The molecular formula is C8H8ClN2NaO4S. The minimum absolute atomic E-state index is 0. The summed E-state index contributed by atoms with van der Waals surface area (Å²) in [5.74, 6) is 0. The molecule has 0 spiro atoms. The van der Waals surface area contributed by atoms with E-state index in [4.69, 9.17) is 29.1 Å². The van der Waals surface area contributed by atoms with Crippen molar-refractivity contribution in [2.24, 2.45) is 7.05 Å². The van der Waals surface area contributed by atoms with E-state index in [1.165, 1.54) is 0 Å². The van der Waals surface area contributed by atoms with Gasteiger partial charge in [-0.25, -0.2) is 5.10 Å². The predicted octanol–water partition coefficient (Wildman–Crippen LogP) is -1.62. The monoisotopic (exact) mass is 286 g/mol. The van der Waals surface area contributed by atoms with E-state index in [1.807, 2.05) is 19.3 Å². The maximum absolute atomic E-state index is 8.74. The van der Waals surface area contributed by atoms with Gasteiger partial charge in [-0.15, -0.1) is 17.7 Å². The van der Waals surface area contributed by atoms with Crippen LogP contribution < -0.4 is 29.6 Å². The summed E-state index contributed by atoms with van der Waals surface area (Å²) in [6.45, 7) is 0. The van der Waals surface area contributed by atoms with Crippen molar-refractivity contribution in [1.29, 1.82) is 0 Å². The molecule has 0 fully saturated rings. The number of nitrogens with zero attached hydrogens (tertiary/aromatic N) is 2. The second-order valence-corrected chi connectivity index (χ2v) is 4.11. The molecule has 6 nitrogen and oxygen atoms in total. The number of hydrogen-bond acceptors (Lipinski definition) is 3. The first kappa shape index (κ1) is 16.9. The van der Waals surface area contributed by atoms with Crippen molar-refractivity contribution < 1.29 is 47.1 Å². The molecule has 0 aliphatic heterocycles. The average Bonchev–Trinajstić information content (AvgIpc) is 2.44. The van der Waals surface area contributed by atoms with E-state index in [-0.39, 0.29) is 29.6 Å². The average molecular weight is 287 g/mol. The molecule has 1 heterocycles. The van der Waals surface area contributed by atoms with E-state index in [1.54, 1.807) is 10.7 Å². The number of halogens is 1. The topological polar surface area (TPSA) is 92.4 Å². The molecule has 0 aliphatic carbocycles. The van der Waals surface area contributed by atoms with Crippen molar-refractivity contribution in [1.82, 2.24) is 9.78 Å². The molecule has 1 aromatic carbocycles. The molecule has 0 atom stereocenters. The second-order valence-electron chi connectivity index (χ2n) is 2.84. The second kappa shape index (κ2) is 6.69. The van der Waals surface area contributed by atoms with Crippen LogP contribution in [0.5, 0.6) is 0 Å². The molecule has 0 aliphatic rings. The number of fused-ring (bicyclic) bond motifs is 1.